The fourth-order valence-corrected chi connectivity index (χ4v) is 2.80. The van der Waals surface area contributed by atoms with Crippen molar-refractivity contribution in [3.63, 3.8) is 0 Å². The zero-order chi connectivity index (χ0) is 12.0. The topological polar surface area (TPSA) is 40.6 Å². The molecule has 0 aromatic rings. The molecule has 0 amide bonds. The van der Waals surface area contributed by atoms with E-state index >= 15 is 0 Å². The van der Waals surface area contributed by atoms with E-state index in [0.29, 0.717) is 11.6 Å². The average molecular weight is 269 g/mol. The van der Waals surface area contributed by atoms with Crippen molar-refractivity contribution >= 4 is 21.4 Å². The minimum Gasteiger partial charge on any atom is -0.301 e. The summed E-state index contributed by atoms with van der Waals surface area (Å²) in [5, 5.41) is 0. The molecule has 1 saturated heterocycles. The first-order valence-electron chi connectivity index (χ1n) is 5.69. The van der Waals surface area contributed by atoms with Gasteiger partial charge in [-0.05, 0) is 13.0 Å². The second kappa shape index (κ2) is 6.79. The van der Waals surface area contributed by atoms with Crippen LogP contribution >= 0.6 is 11.6 Å². The predicted molar refractivity (Wildman–Crippen MR) is 67.9 cm³/mol. The van der Waals surface area contributed by atoms with Gasteiger partial charge in [-0.15, -0.1) is 11.6 Å². The van der Waals surface area contributed by atoms with Crippen LogP contribution in [0.4, 0.5) is 0 Å². The summed E-state index contributed by atoms with van der Waals surface area (Å²) < 4.78 is 21.9. The van der Waals surface area contributed by atoms with E-state index in [4.69, 9.17) is 11.6 Å². The highest BCUT2D eigenvalue weighted by Crippen LogP contribution is 2.03. The molecule has 1 heterocycles. The Morgan fingerprint density at radius 1 is 1.06 bits per heavy atom. The highest BCUT2D eigenvalue weighted by Gasteiger charge is 2.16. The van der Waals surface area contributed by atoms with Gasteiger partial charge in [-0.1, -0.05) is 0 Å². The van der Waals surface area contributed by atoms with Gasteiger partial charge in [0.1, 0.15) is 9.84 Å². The van der Waals surface area contributed by atoms with E-state index < -0.39 is 9.84 Å². The lowest BCUT2D eigenvalue weighted by Crippen LogP contribution is -2.47. The van der Waals surface area contributed by atoms with Crippen molar-refractivity contribution in [2.24, 2.45) is 0 Å². The SMILES string of the molecule is CS(=O)(=O)CCCN1CCN(CCCl)CC1. The minimum absolute atomic E-state index is 0.300. The van der Waals surface area contributed by atoms with Crippen molar-refractivity contribution in [2.75, 3.05) is 57.2 Å². The molecule has 0 aromatic carbocycles. The number of piperazine rings is 1. The van der Waals surface area contributed by atoms with E-state index in [-0.39, 0.29) is 0 Å². The lowest BCUT2D eigenvalue weighted by atomic mass is 10.3. The van der Waals surface area contributed by atoms with Gasteiger partial charge >= 0.3 is 0 Å². The number of nitrogens with zero attached hydrogens (tertiary/aromatic N) is 2. The van der Waals surface area contributed by atoms with Gasteiger partial charge in [0.25, 0.3) is 0 Å². The monoisotopic (exact) mass is 268 g/mol. The highest BCUT2D eigenvalue weighted by molar-refractivity contribution is 7.90. The molecule has 0 spiro atoms. The Hall–Kier alpha value is 0.160. The van der Waals surface area contributed by atoms with Gasteiger partial charge in [-0.2, -0.15) is 0 Å². The molecule has 4 nitrogen and oxygen atoms in total. The summed E-state index contributed by atoms with van der Waals surface area (Å²) in [7, 11) is -2.80. The molecule has 1 rings (SSSR count). The maximum Gasteiger partial charge on any atom is 0.147 e. The first-order valence-corrected chi connectivity index (χ1v) is 8.29. The number of sulfone groups is 1. The summed E-state index contributed by atoms with van der Waals surface area (Å²) in [6.07, 6.45) is 2.04. The lowest BCUT2D eigenvalue weighted by Gasteiger charge is -2.34. The molecule has 0 unspecified atom stereocenters. The van der Waals surface area contributed by atoms with Crippen LogP contribution in [0.2, 0.25) is 0 Å². The van der Waals surface area contributed by atoms with Crippen LogP contribution in [0.25, 0.3) is 0 Å². The van der Waals surface area contributed by atoms with E-state index in [9.17, 15) is 8.42 Å². The van der Waals surface area contributed by atoms with E-state index in [2.05, 4.69) is 9.80 Å². The molecular formula is C10H21ClN2O2S. The first kappa shape index (κ1) is 14.2. The number of halogens is 1. The van der Waals surface area contributed by atoms with Crippen molar-refractivity contribution in [2.45, 2.75) is 6.42 Å². The Bertz CT molecular complexity index is 287. The summed E-state index contributed by atoms with van der Waals surface area (Å²) >= 11 is 5.68. The normalized spacial score (nSPS) is 20.1. The van der Waals surface area contributed by atoms with Gasteiger partial charge < -0.3 is 4.90 Å². The number of alkyl halides is 1. The Labute approximate surface area is 103 Å². The summed E-state index contributed by atoms with van der Waals surface area (Å²) in [4.78, 5) is 4.68. The van der Waals surface area contributed by atoms with Crippen LogP contribution < -0.4 is 0 Å². The molecule has 96 valence electrons. The maximum atomic E-state index is 11.0. The standard InChI is InChI=1S/C10H21ClN2O2S/c1-16(14,15)10-2-4-12-6-8-13(5-3-11)9-7-12/h2-10H2,1H3. The second-order valence-electron chi connectivity index (χ2n) is 4.36. The zero-order valence-electron chi connectivity index (χ0n) is 9.86. The van der Waals surface area contributed by atoms with Crippen molar-refractivity contribution < 1.29 is 8.42 Å². The average Bonchev–Trinajstić information content (AvgIpc) is 2.19. The molecular weight excluding hydrogens is 248 g/mol. The number of rotatable bonds is 6. The predicted octanol–water partition coefficient (Wildman–Crippen LogP) is 0.278. The van der Waals surface area contributed by atoms with Crippen molar-refractivity contribution in [3.8, 4) is 0 Å². The molecule has 0 saturated carbocycles. The van der Waals surface area contributed by atoms with Crippen LogP contribution in [0.3, 0.4) is 0 Å². The third-order valence-electron chi connectivity index (χ3n) is 2.86. The van der Waals surface area contributed by atoms with Gasteiger partial charge in [0.05, 0.1) is 5.75 Å². The molecule has 16 heavy (non-hydrogen) atoms. The Morgan fingerprint density at radius 3 is 2.00 bits per heavy atom. The molecule has 0 N–H and O–H groups in total. The molecule has 1 aliphatic rings. The van der Waals surface area contributed by atoms with Gasteiger partial charge in [0.2, 0.25) is 0 Å². The molecule has 6 heteroatoms. The molecule has 0 aliphatic carbocycles. The second-order valence-corrected chi connectivity index (χ2v) is 6.99. The number of hydrogen-bond donors (Lipinski definition) is 0. The van der Waals surface area contributed by atoms with Crippen LogP contribution in [0, 0.1) is 0 Å². The van der Waals surface area contributed by atoms with E-state index in [1.165, 1.54) is 6.26 Å². The Balaban J connectivity index is 2.13. The van der Waals surface area contributed by atoms with Crippen molar-refractivity contribution in [3.05, 3.63) is 0 Å². The summed E-state index contributed by atoms with van der Waals surface area (Å²) in [5.74, 6) is 0.989. The molecule has 0 radical (unpaired) electrons. The third kappa shape index (κ3) is 6.03. The third-order valence-corrected chi connectivity index (χ3v) is 4.05. The largest absolute Gasteiger partial charge is 0.301 e. The molecule has 1 fully saturated rings. The van der Waals surface area contributed by atoms with Gasteiger partial charge in [-0.3, -0.25) is 4.90 Å². The van der Waals surface area contributed by atoms with Crippen LogP contribution in [0.5, 0.6) is 0 Å². The van der Waals surface area contributed by atoms with Crippen molar-refractivity contribution in [1.29, 1.82) is 0 Å². The van der Waals surface area contributed by atoms with Crippen LogP contribution in [0.1, 0.15) is 6.42 Å². The molecule has 0 atom stereocenters. The molecule has 0 bridgehead atoms. The minimum atomic E-state index is -2.80. The van der Waals surface area contributed by atoms with Gasteiger partial charge in [0, 0.05) is 44.9 Å². The van der Waals surface area contributed by atoms with Crippen molar-refractivity contribution in [1.82, 2.24) is 9.80 Å². The van der Waals surface area contributed by atoms with Gasteiger partial charge in [-0.25, -0.2) is 8.42 Å². The summed E-state index contributed by atoms with van der Waals surface area (Å²) in [6, 6.07) is 0. The van der Waals surface area contributed by atoms with E-state index in [0.717, 1.165) is 45.7 Å². The smallest absolute Gasteiger partial charge is 0.147 e. The lowest BCUT2D eigenvalue weighted by molar-refractivity contribution is 0.138. The fourth-order valence-electron chi connectivity index (χ4n) is 1.91. The van der Waals surface area contributed by atoms with E-state index in [1.54, 1.807) is 0 Å². The maximum absolute atomic E-state index is 11.0. The summed E-state index contributed by atoms with van der Waals surface area (Å²) in [6.45, 7) is 6.00. The first-order chi connectivity index (χ1) is 7.51. The van der Waals surface area contributed by atoms with Gasteiger partial charge in [0.15, 0.2) is 0 Å². The van der Waals surface area contributed by atoms with Crippen LogP contribution in [-0.4, -0.2) is 75.4 Å². The Morgan fingerprint density at radius 2 is 1.56 bits per heavy atom. The van der Waals surface area contributed by atoms with E-state index in [1.807, 2.05) is 0 Å². The fraction of sp³-hybridized carbons (Fsp3) is 1.00. The Kier molecular flexibility index (Phi) is 6.03. The molecule has 0 aromatic heterocycles. The van der Waals surface area contributed by atoms with Crippen LogP contribution in [0.15, 0.2) is 0 Å². The number of hydrogen-bond acceptors (Lipinski definition) is 4. The van der Waals surface area contributed by atoms with Crippen LogP contribution in [-0.2, 0) is 9.84 Å². The molecule has 1 aliphatic heterocycles. The quantitative estimate of drug-likeness (QED) is 0.649. The summed E-state index contributed by atoms with van der Waals surface area (Å²) in [5.41, 5.74) is 0. The zero-order valence-corrected chi connectivity index (χ0v) is 11.4. The highest BCUT2D eigenvalue weighted by atomic mass is 35.5.